The van der Waals surface area contributed by atoms with E-state index in [0.29, 0.717) is 15.8 Å². The fourth-order valence-electron chi connectivity index (χ4n) is 1.69. The van der Waals surface area contributed by atoms with Crippen LogP contribution in [0, 0.1) is 12.7 Å². The Kier molecular flexibility index (Phi) is 4.04. The number of carbonyl (C=O) groups excluding carboxylic acids is 1. The maximum Gasteiger partial charge on any atom is 0.256 e. The molecule has 0 bridgehead atoms. The SMILES string of the molecule is Cc1ccc(C(C)NC(=O)c2ccoc2Br)cc1F. The standard InChI is InChI=1S/C14H13BrFNO2/c1-8-3-4-10(7-12(8)16)9(2)17-14(18)11-5-6-19-13(11)15/h3-7,9H,1-2H3,(H,17,18). The molecule has 0 spiro atoms. The first kappa shape index (κ1) is 13.8. The third kappa shape index (κ3) is 3.04. The van der Waals surface area contributed by atoms with E-state index >= 15 is 0 Å². The largest absolute Gasteiger partial charge is 0.457 e. The molecule has 1 N–H and O–H groups in total. The van der Waals surface area contributed by atoms with Crippen molar-refractivity contribution in [3.63, 3.8) is 0 Å². The molecule has 0 fully saturated rings. The predicted molar refractivity (Wildman–Crippen MR) is 73.4 cm³/mol. The average molecular weight is 326 g/mol. The lowest BCUT2D eigenvalue weighted by molar-refractivity contribution is 0.0938. The summed E-state index contributed by atoms with van der Waals surface area (Å²) in [5.41, 5.74) is 1.72. The summed E-state index contributed by atoms with van der Waals surface area (Å²) in [6.45, 7) is 3.50. The number of hydrogen-bond acceptors (Lipinski definition) is 2. The second-order valence-corrected chi connectivity index (χ2v) is 5.03. The van der Waals surface area contributed by atoms with Crippen molar-refractivity contribution in [3.05, 3.63) is 57.7 Å². The van der Waals surface area contributed by atoms with E-state index < -0.39 is 0 Å². The second kappa shape index (κ2) is 5.57. The van der Waals surface area contributed by atoms with E-state index in [1.165, 1.54) is 12.3 Å². The van der Waals surface area contributed by atoms with Gasteiger partial charge in [0.25, 0.3) is 5.91 Å². The van der Waals surface area contributed by atoms with Gasteiger partial charge in [0.2, 0.25) is 0 Å². The van der Waals surface area contributed by atoms with Gasteiger partial charge in [-0.05, 0) is 53.0 Å². The molecule has 0 radical (unpaired) electrons. The van der Waals surface area contributed by atoms with E-state index in [-0.39, 0.29) is 17.8 Å². The Morgan fingerprint density at radius 3 is 2.74 bits per heavy atom. The molecule has 2 aromatic rings. The van der Waals surface area contributed by atoms with Gasteiger partial charge < -0.3 is 9.73 Å². The van der Waals surface area contributed by atoms with Gasteiger partial charge in [-0.3, -0.25) is 4.79 Å². The van der Waals surface area contributed by atoms with Crippen LogP contribution in [-0.2, 0) is 0 Å². The summed E-state index contributed by atoms with van der Waals surface area (Å²) < 4.78 is 18.9. The van der Waals surface area contributed by atoms with Crippen molar-refractivity contribution in [2.45, 2.75) is 19.9 Å². The number of amides is 1. The Morgan fingerprint density at radius 1 is 1.42 bits per heavy atom. The molecule has 5 heteroatoms. The number of nitrogens with one attached hydrogen (secondary N) is 1. The topological polar surface area (TPSA) is 42.2 Å². The number of benzene rings is 1. The minimum absolute atomic E-state index is 0.269. The first-order valence-corrected chi connectivity index (χ1v) is 6.58. The van der Waals surface area contributed by atoms with Crippen LogP contribution in [0.3, 0.4) is 0 Å². The lowest BCUT2D eigenvalue weighted by atomic mass is 10.1. The van der Waals surface area contributed by atoms with Gasteiger partial charge in [-0.1, -0.05) is 12.1 Å². The summed E-state index contributed by atoms with van der Waals surface area (Å²) in [6, 6.07) is 6.21. The number of carbonyl (C=O) groups is 1. The Bertz CT molecular complexity index is 609. The molecule has 1 amide bonds. The highest BCUT2D eigenvalue weighted by Gasteiger charge is 2.16. The molecule has 2 rings (SSSR count). The summed E-state index contributed by atoms with van der Waals surface area (Å²) in [5.74, 6) is -0.544. The molecule has 0 aliphatic heterocycles. The van der Waals surface area contributed by atoms with Crippen molar-refractivity contribution in [3.8, 4) is 0 Å². The molecular weight excluding hydrogens is 313 g/mol. The van der Waals surface area contributed by atoms with Gasteiger partial charge >= 0.3 is 0 Å². The molecule has 3 nitrogen and oxygen atoms in total. The molecule has 100 valence electrons. The Balaban J connectivity index is 2.13. The van der Waals surface area contributed by atoms with Crippen LogP contribution in [0.5, 0.6) is 0 Å². The quantitative estimate of drug-likeness (QED) is 0.927. The van der Waals surface area contributed by atoms with Crippen LogP contribution < -0.4 is 5.32 Å². The predicted octanol–water partition coefficient (Wildman–Crippen LogP) is 3.98. The second-order valence-electron chi connectivity index (χ2n) is 4.31. The first-order valence-electron chi connectivity index (χ1n) is 5.79. The summed E-state index contributed by atoms with van der Waals surface area (Å²) >= 11 is 3.15. The Hall–Kier alpha value is -1.62. The van der Waals surface area contributed by atoms with Crippen LogP contribution in [0.4, 0.5) is 4.39 Å². The lowest BCUT2D eigenvalue weighted by Gasteiger charge is -2.14. The highest BCUT2D eigenvalue weighted by Crippen LogP contribution is 2.20. The highest BCUT2D eigenvalue weighted by atomic mass is 79.9. The molecule has 1 aromatic carbocycles. The van der Waals surface area contributed by atoms with Crippen molar-refractivity contribution in [2.24, 2.45) is 0 Å². The molecule has 1 aromatic heterocycles. The van der Waals surface area contributed by atoms with E-state index in [2.05, 4.69) is 21.2 Å². The molecule has 0 aliphatic rings. The monoisotopic (exact) mass is 325 g/mol. The molecule has 1 heterocycles. The van der Waals surface area contributed by atoms with Crippen LogP contribution in [0.25, 0.3) is 0 Å². The fraction of sp³-hybridized carbons (Fsp3) is 0.214. The van der Waals surface area contributed by atoms with Gasteiger partial charge in [0.05, 0.1) is 17.9 Å². The van der Waals surface area contributed by atoms with E-state index in [1.807, 2.05) is 0 Å². The molecule has 1 atom stereocenters. The van der Waals surface area contributed by atoms with Gasteiger partial charge in [-0.25, -0.2) is 4.39 Å². The van der Waals surface area contributed by atoms with E-state index in [0.717, 1.165) is 5.56 Å². The zero-order valence-electron chi connectivity index (χ0n) is 10.5. The van der Waals surface area contributed by atoms with E-state index in [4.69, 9.17) is 4.42 Å². The van der Waals surface area contributed by atoms with Crippen LogP contribution in [0.1, 0.15) is 34.5 Å². The van der Waals surface area contributed by atoms with Crippen LogP contribution in [-0.4, -0.2) is 5.91 Å². The number of hydrogen-bond donors (Lipinski definition) is 1. The number of furan rings is 1. The van der Waals surface area contributed by atoms with Crippen molar-refractivity contribution in [2.75, 3.05) is 0 Å². The first-order chi connectivity index (χ1) is 8.99. The number of aryl methyl sites for hydroxylation is 1. The van der Waals surface area contributed by atoms with Gasteiger partial charge in [0.1, 0.15) is 5.82 Å². The lowest BCUT2D eigenvalue weighted by Crippen LogP contribution is -2.26. The molecule has 19 heavy (non-hydrogen) atoms. The zero-order chi connectivity index (χ0) is 14.0. The third-order valence-electron chi connectivity index (χ3n) is 2.91. The molecule has 0 aliphatic carbocycles. The van der Waals surface area contributed by atoms with Crippen molar-refractivity contribution >= 4 is 21.8 Å². The molecule has 0 saturated carbocycles. The number of halogens is 2. The highest BCUT2D eigenvalue weighted by molar-refractivity contribution is 9.10. The Morgan fingerprint density at radius 2 is 2.16 bits per heavy atom. The normalized spacial score (nSPS) is 12.2. The molecule has 1 unspecified atom stereocenters. The maximum atomic E-state index is 13.5. The van der Waals surface area contributed by atoms with E-state index in [9.17, 15) is 9.18 Å². The van der Waals surface area contributed by atoms with Crippen molar-refractivity contribution in [1.29, 1.82) is 0 Å². The number of rotatable bonds is 3. The van der Waals surface area contributed by atoms with Gasteiger partial charge in [-0.2, -0.15) is 0 Å². The Labute approximate surface area is 118 Å². The molecular formula is C14H13BrFNO2. The fourth-order valence-corrected chi connectivity index (χ4v) is 2.11. The van der Waals surface area contributed by atoms with Crippen molar-refractivity contribution < 1.29 is 13.6 Å². The summed E-state index contributed by atoms with van der Waals surface area (Å²) in [7, 11) is 0. The van der Waals surface area contributed by atoms with Gasteiger partial charge in [0, 0.05) is 0 Å². The minimum atomic E-state index is -0.288. The third-order valence-corrected chi connectivity index (χ3v) is 3.52. The van der Waals surface area contributed by atoms with Gasteiger partial charge in [-0.15, -0.1) is 0 Å². The van der Waals surface area contributed by atoms with Crippen LogP contribution >= 0.6 is 15.9 Å². The molecule has 0 saturated heterocycles. The summed E-state index contributed by atoms with van der Waals surface area (Å²) in [5, 5.41) is 2.79. The average Bonchev–Trinajstić information content (AvgIpc) is 2.79. The van der Waals surface area contributed by atoms with Crippen molar-refractivity contribution in [1.82, 2.24) is 5.32 Å². The smallest absolute Gasteiger partial charge is 0.256 e. The summed E-state index contributed by atoms with van der Waals surface area (Å²) in [4.78, 5) is 12.0. The van der Waals surface area contributed by atoms with Crippen LogP contribution in [0.2, 0.25) is 0 Å². The minimum Gasteiger partial charge on any atom is -0.457 e. The van der Waals surface area contributed by atoms with E-state index in [1.54, 1.807) is 32.0 Å². The zero-order valence-corrected chi connectivity index (χ0v) is 12.1. The maximum absolute atomic E-state index is 13.5. The van der Waals surface area contributed by atoms with Crippen LogP contribution in [0.15, 0.2) is 39.6 Å². The van der Waals surface area contributed by atoms with Gasteiger partial charge in [0.15, 0.2) is 4.67 Å². The summed E-state index contributed by atoms with van der Waals surface area (Å²) in [6.07, 6.45) is 1.43.